The summed E-state index contributed by atoms with van der Waals surface area (Å²) >= 11 is 0. The first kappa shape index (κ1) is 17.3. The molecule has 27 heavy (non-hydrogen) atoms. The molecule has 0 amide bonds. The van der Waals surface area contributed by atoms with Crippen LogP contribution in [0.15, 0.2) is 48.5 Å². The molecule has 1 fully saturated rings. The van der Waals surface area contributed by atoms with Crippen LogP contribution in [0.2, 0.25) is 0 Å². The van der Waals surface area contributed by atoms with Crippen molar-refractivity contribution in [1.82, 2.24) is 4.98 Å². The van der Waals surface area contributed by atoms with Gasteiger partial charge in [-0.2, -0.15) is 5.26 Å². The number of benzene rings is 2. The number of hydrogen-bond donors (Lipinski definition) is 1. The minimum Gasteiger partial charge on any atom is -0.447 e. The van der Waals surface area contributed by atoms with Gasteiger partial charge in [0.1, 0.15) is 11.9 Å². The van der Waals surface area contributed by atoms with Crippen LogP contribution >= 0.6 is 0 Å². The van der Waals surface area contributed by atoms with Gasteiger partial charge in [0.25, 0.3) is 0 Å². The first-order valence-corrected chi connectivity index (χ1v) is 9.10. The Morgan fingerprint density at radius 2 is 1.96 bits per heavy atom. The maximum absolute atomic E-state index is 13.3. The van der Waals surface area contributed by atoms with Gasteiger partial charge in [-0.1, -0.05) is 18.2 Å². The third-order valence-corrected chi connectivity index (χ3v) is 4.96. The number of nitrogens with zero attached hydrogens (tertiary/aromatic N) is 1. The summed E-state index contributed by atoms with van der Waals surface area (Å²) < 4.78 is 18.6. The molecule has 5 heteroatoms. The number of ether oxygens (including phenoxy) is 1. The largest absolute Gasteiger partial charge is 0.447 e. The predicted octanol–water partition coefficient (Wildman–Crippen LogP) is 4.75. The second kappa shape index (κ2) is 7.24. The van der Waals surface area contributed by atoms with Crippen molar-refractivity contribution < 1.29 is 13.9 Å². The molecule has 0 saturated heterocycles. The van der Waals surface area contributed by atoms with Crippen molar-refractivity contribution in [2.75, 3.05) is 0 Å². The fourth-order valence-corrected chi connectivity index (χ4v) is 3.38. The van der Waals surface area contributed by atoms with Crippen LogP contribution in [0.3, 0.4) is 0 Å². The highest BCUT2D eigenvalue weighted by atomic mass is 19.1. The van der Waals surface area contributed by atoms with Gasteiger partial charge in [0, 0.05) is 28.9 Å². The number of aromatic amines is 1. The Morgan fingerprint density at radius 1 is 1.22 bits per heavy atom. The van der Waals surface area contributed by atoms with Gasteiger partial charge in [-0.3, -0.25) is 4.79 Å². The van der Waals surface area contributed by atoms with Crippen LogP contribution in [-0.4, -0.2) is 17.1 Å². The zero-order valence-electron chi connectivity index (χ0n) is 14.7. The molecule has 1 saturated carbocycles. The van der Waals surface area contributed by atoms with E-state index in [1.807, 2.05) is 24.3 Å². The van der Waals surface area contributed by atoms with Gasteiger partial charge in [-0.05, 0) is 60.7 Å². The van der Waals surface area contributed by atoms with Gasteiger partial charge >= 0.3 is 5.97 Å². The second-order valence-corrected chi connectivity index (χ2v) is 6.91. The number of esters is 1. The quantitative estimate of drug-likeness (QED) is 0.644. The number of fused-ring (bicyclic) bond motifs is 1. The first-order valence-electron chi connectivity index (χ1n) is 9.10. The minimum absolute atomic E-state index is 0.195. The van der Waals surface area contributed by atoms with E-state index in [4.69, 9.17) is 10.00 Å². The van der Waals surface area contributed by atoms with Crippen LogP contribution in [0, 0.1) is 23.1 Å². The second-order valence-electron chi connectivity index (χ2n) is 6.91. The fraction of sp³-hybridized carbons (Fsp3) is 0.273. The van der Waals surface area contributed by atoms with E-state index < -0.39 is 6.10 Å². The van der Waals surface area contributed by atoms with Crippen LogP contribution in [0.4, 0.5) is 4.39 Å². The van der Waals surface area contributed by atoms with Crippen molar-refractivity contribution in [1.29, 1.82) is 5.26 Å². The number of halogens is 1. The Hall–Kier alpha value is -3.13. The number of nitriles is 1. The number of aryl methyl sites for hydroxylation is 1. The molecule has 1 aromatic heterocycles. The Bertz CT molecular complexity index is 1010. The molecule has 1 aliphatic rings. The van der Waals surface area contributed by atoms with Crippen molar-refractivity contribution in [3.05, 3.63) is 59.9 Å². The van der Waals surface area contributed by atoms with Crippen LogP contribution in [0.5, 0.6) is 0 Å². The SMILES string of the molecule is N#CC(OC(=O)CCc1c(-c2ccc(F)cc2)[nH]c2ccccc12)C1CC1. The molecule has 1 atom stereocenters. The Balaban J connectivity index is 1.58. The molecule has 0 bridgehead atoms. The normalized spacial score (nSPS) is 14.7. The van der Waals surface area contributed by atoms with Gasteiger partial charge in [0.05, 0.1) is 0 Å². The van der Waals surface area contributed by atoms with E-state index >= 15 is 0 Å². The van der Waals surface area contributed by atoms with E-state index in [1.165, 1.54) is 12.1 Å². The molecule has 0 spiro atoms. The Labute approximate surface area is 156 Å². The standard InChI is InChI=1S/C22H19FN2O2/c23-16-9-7-15(8-10-16)22-18(17-3-1-2-4-19(17)25-22)11-12-21(26)27-20(13-24)14-5-6-14/h1-4,7-10,14,20,25H,5-6,11-12H2. The number of para-hydroxylation sites is 1. The minimum atomic E-state index is -0.628. The van der Waals surface area contributed by atoms with Gasteiger partial charge < -0.3 is 9.72 Å². The molecule has 1 unspecified atom stereocenters. The average molecular weight is 362 g/mol. The van der Waals surface area contributed by atoms with E-state index in [1.54, 1.807) is 12.1 Å². The third kappa shape index (κ3) is 3.70. The lowest BCUT2D eigenvalue weighted by Crippen LogP contribution is -2.18. The van der Waals surface area contributed by atoms with Crippen molar-refractivity contribution >= 4 is 16.9 Å². The topological polar surface area (TPSA) is 65.9 Å². The van der Waals surface area contributed by atoms with E-state index in [2.05, 4.69) is 11.1 Å². The lowest BCUT2D eigenvalue weighted by Gasteiger charge is -2.10. The summed E-state index contributed by atoms with van der Waals surface area (Å²) in [5, 5.41) is 10.2. The Morgan fingerprint density at radius 3 is 2.67 bits per heavy atom. The van der Waals surface area contributed by atoms with Gasteiger partial charge in [-0.25, -0.2) is 4.39 Å². The monoisotopic (exact) mass is 362 g/mol. The van der Waals surface area contributed by atoms with Gasteiger partial charge in [0.15, 0.2) is 6.10 Å². The highest BCUT2D eigenvalue weighted by Crippen LogP contribution is 2.35. The summed E-state index contributed by atoms with van der Waals surface area (Å²) in [5.41, 5.74) is 3.70. The molecule has 0 aliphatic heterocycles. The number of rotatable bonds is 6. The van der Waals surface area contributed by atoms with E-state index in [0.29, 0.717) is 6.42 Å². The van der Waals surface area contributed by atoms with Crippen LogP contribution in [0.25, 0.3) is 22.2 Å². The average Bonchev–Trinajstić information content (AvgIpc) is 3.46. The summed E-state index contributed by atoms with van der Waals surface area (Å²) in [6, 6.07) is 16.2. The molecule has 136 valence electrons. The lowest BCUT2D eigenvalue weighted by atomic mass is 10.0. The maximum Gasteiger partial charge on any atom is 0.307 e. The number of aromatic nitrogens is 1. The molecule has 2 aromatic carbocycles. The fourth-order valence-electron chi connectivity index (χ4n) is 3.38. The van der Waals surface area contributed by atoms with Crippen molar-refractivity contribution in [3.63, 3.8) is 0 Å². The summed E-state index contributed by atoms with van der Waals surface area (Å²) in [4.78, 5) is 15.6. The molecule has 0 radical (unpaired) electrons. The predicted molar refractivity (Wildman–Crippen MR) is 100 cm³/mol. The number of hydrogen-bond acceptors (Lipinski definition) is 3. The van der Waals surface area contributed by atoms with Crippen molar-refractivity contribution in [2.45, 2.75) is 31.8 Å². The summed E-state index contributed by atoms with van der Waals surface area (Å²) in [6.45, 7) is 0. The summed E-state index contributed by atoms with van der Waals surface area (Å²) in [7, 11) is 0. The highest BCUT2D eigenvalue weighted by Gasteiger charge is 2.34. The maximum atomic E-state index is 13.3. The highest BCUT2D eigenvalue weighted by molar-refractivity contribution is 5.91. The summed E-state index contributed by atoms with van der Waals surface area (Å²) in [6.07, 6.45) is 1.95. The molecule has 1 heterocycles. The van der Waals surface area contributed by atoms with E-state index in [-0.39, 0.29) is 24.1 Å². The van der Waals surface area contributed by atoms with Gasteiger partial charge in [0.2, 0.25) is 0 Å². The third-order valence-electron chi connectivity index (χ3n) is 4.96. The molecule has 3 aromatic rings. The zero-order chi connectivity index (χ0) is 18.8. The zero-order valence-corrected chi connectivity index (χ0v) is 14.7. The van der Waals surface area contributed by atoms with Gasteiger partial charge in [-0.15, -0.1) is 0 Å². The van der Waals surface area contributed by atoms with Crippen LogP contribution < -0.4 is 0 Å². The summed E-state index contributed by atoms with van der Waals surface area (Å²) in [5.74, 6) is -0.451. The van der Waals surface area contributed by atoms with Crippen LogP contribution in [0.1, 0.15) is 24.8 Å². The molecule has 1 N–H and O–H groups in total. The molecular weight excluding hydrogens is 343 g/mol. The van der Waals surface area contributed by atoms with E-state index in [9.17, 15) is 9.18 Å². The Kier molecular flexibility index (Phi) is 4.64. The molecular formula is C22H19FN2O2. The van der Waals surface area contributed by atoms with Crippen molar-refractivity contribution in [2.24, 2.45) is 5.92 Å². The number of carbonyl (C=O) groups is 1. The molecule has 4 nitrogen and oxygen atoms in total. The van der Waals surface area contributed by atoms with Crippen molar-refractivity contribution in [3.8, 4) is 17.3 Å². The smallest absolute Gasteiger partial charge is 0.307 e. The number of H-pyrrole nitrogens is 1. The lowest BCUT2D eigenvalue weighted by molar-refractivity contribution is -0.147. The number of carbonyl (C=O) groups excluding carboxylic acids is 1. The molecule has 4 rings (SSSR count). The molecule has 1 aliphatic carbocycles. The number of nitrogens with one attached hydrogen (secondary N) is 1. The van der Waals surface area contributed by atoms with E-state index in [0.717, 1.165) is 40.6 Å². The first-order chi connectivity index (χ1) is 13.2. The van der Waals surface area contributed by atoms with Crippen LogP contribution in [-0.2, 0) is 16.0 Å².